The maximum atomic E-state index is 14.4. The number of nitrogens with one attached hydrogen (secondary N) is 1. The fourth-order valence-corrected chi connectivity index (χ4v) is 3.57. The van der Waals surface area contributed by atoms with Crippen molar-refractivity contribution < 1.29 is 17.6 Å². The van der Waals surface area contributed by atoms with E-state index in [0.717, 1.165) is 11.5 Å². The highest BCUT2D eigenvalue weighted by Crippen LogP contribution is 2.34. The number of nitriles is 1. The molecule has 0 spiro atoms. The van der Waals surface area contributed by atoms with Crippen LogP contribution in [0, 0.1) is 34.6 Å². The summed E-state index contributed by atoms with van der Waals surface area (Å²) in [5, 5.41) is 9.52. The molecule has 1 fully saturated rings. The van der Waals surface area contributed by atoms with Gasteiger partial charge in [0.25, 0.3) is 0 Å². The van der Waals surface area contributed by atoms with Crippen LogP contribution in [0.2, 0.25) is 0 Å². The van der Waals surface area contributed by atoms with Gasteiger partial charge >= 0.3 is 0 Å². The maximum Gasteiger partial charge on any atom is 0.186 e. The lowest BCUT2D eigenvalue weighted by Gasteiger charge is -2.28. The fraction of sp³-hybridized carbons (Fsp3) is 0.278. The number of benzene rings is 1. The Kier molecular flexibility index (Phi) is 4.30. The zero-order chi connectivity index (χ0) is 20.0. The number of hydrogen-bond acceptors (Lipinski definition) is 5. The van der Waals surface area contributed by atoms with E-state index in [9.17, 15) is 17.6 Å². The van der Waals surface area contributed by atoms with Crippen molar-refractivity contribution in [2.75, 3.05) is 29.9 Å². The van der Waals surface area contributed by atoms with Gasteiger partial charge in [-0.15, -0.1) is 0 Å². The van der Waals surface area contributed by atoms with Crippen LogP contribution in [0.25, 0.3) is 11.0 Å². The van der Waals surface area contributed by atoms with Gasteiger partial charge in [0.15, 0.2) is 23.3 Å². The average Bonchev–Trinajstić information content (AvgIpc) is 3.36. The van der Waals surface area contributed by atoms with Crippen molar-refractivity contribution in [1.82, 2.24) is 15.0 Å². The van der Waals surface area contributed by atoms with Crippen LogP contribution in [0.3, 0.4) is 0 Å². The molecule has 0 saturated carbocycles. The topological polar surface area (TPSA) is 71.8 Å². The third-order valence-corrected chi connectivity index (χ3v) is 5.05. The van der Waals surface area contributed by atoms with Crippen LogP contribution in [-0.2, 0) is 0 Å². The Morgan fingerprint density at radius 2 is 1.89 bits per heavy atom. The van der Waals surface area contributed by atoms with Crippen molar-refractivity contribution in [1.29, 1.82) is 5.26 Å². The molecule has 0 unspecified atom stereocenters. The molecule has 0 bridgehead atoms. The number of aromatic nitrogens is 3. The van der Waals surface area contributed by atoms with E-state index in [1.54, 1.807) is 6.20 Å². The van der Waals surface area contributed by atoms with Gasteiger partial charge in [0, 0.05) is 32.4 Å². The Balaban J connectivity index is 1.65. The van der Waals surface area contributed by atoms with Crippen molar-refractivity contribution in [3.05, 3.63) is 47.4 Å². The number of hydrogen-bond donors (Lipinski definition) is 1. The third-order valence-electron chi connectivity index (χ3n) is 5.05. The van der Waals surface area contributed by atoms with E-state index in [-0.39, 0.29) is 0 Å². The summed E-state index contributed by atoms with van der Waals surface area (Å²) < 4.78 is 56.7. The van der Waals surface area contributed by atoms with Crippen molar-refractivity contribution in [2.45, 2.75) is 12.5 Å². The monoisotopic (exact) mass is 390 g/mol. The highest BCUT2D eigenvalue weighted by Gasteiger charge is 2.34. The summed E-state index contributed by atoms with van der Waals surface area (Å²) in [6.45, 7) is 0.882. The summed E-state index contributed by atoms with van der Waals surface area (Å²) >= 11 is 0. The summed E-state index contributed by atoms with van der Waals surface area (Å²) in [6, 6.07) is 2.56. The molecule has 0 radical (unpaired) electrons. The molecule has 1 N–H and O–H groups in total. The molecule has 1 aromatic carbocycles. The molecule has 1 saturated heterocycles. The lowest BCUT2D eigenvalue weighted by Crippen LogP contribution is -2.36. The van der Waals surface area contributed by atoms with Crippen molar-refractivity contribution >= 4 is 22.5 Å². The first-order chi connectivity index (χ1) is 13.4. The van der Waals surface area contributed by atoms with Gasteiger partial charge in [-0.2, -0.15) is 5.26 Å². The minimum absolute atomic E-state index is 0.343. The second kappa shape index (κ2) is 6.67. The average molecular weight is 390 g/mol. The largest absolute Gasteiger partial charge is 0.365 e. The molecule has 144 valence electrons. The van der Waals surface area contributed by atoms with Gasteiger partial charge in [-0.05, 0) is 12.5 Å². The van der Waals surface area contributed by atoms with E-state index < -0.39 is 40.6 Å². The summed E-state index contributed by atoms with van der Waals surface area (Å²) in [6.07, 6.45) is 3.64. The first kappa shape index (κ1) is 18.0. The molecule has 4 rings (SSSR count). The van der Waals surface area contributed by atoms with E-state index >= 15 is 0 Å². The minimum Gasteiger partial charge on any atom is -0.365 e. The van der Waals surface area contributed by atoms with Gasteiger partial charge in [0.1, 0.15) is 35.1 Å². The standard InChI is InChI=1S/C18H14F4N6/c1-27(16-14(21)12(19)11(6-23)13(20)15(16)22)9-3-5-28(7-9)18-10-2-4-24-17(10)25-8-26-18/h2,4,8-9H,3,5,7H2,1H3,(H,24,25,26)/t9-/m1/s1. The maximum absolute atomic E-state index is 14.4. The summed E-state index contributed by atoms with van der Waals surface area (Å²) in [7, 11) is 1.37. The molecule has 3 aromatic rings. The summed E-state index contributed by atoms with van der Waals surface area (Å²) in [5.41, 5.74) is -1.43. The SMILES string of the molecule is CN(c1c(F)c(F)c(C#N)c(F)c1F)[C@@H]1CCN(c2ncnc3[nH]ccc23)C1. The zero-order valence-electron chi connectivity index (χ0n) is 14.7. The van der Waals surface area contributed by atoms with Crippen LogP contribution in [0.15, 0.2) is 18.6 Å². The molecule has 1 aliphatic heterocycles. The van der Waals surface area contributed by atoms with Crippen LogP contribution in [0.5, 0.6) is 0 Å². The summed E-state index contributed by atoms with van der Waals surface area (Å²) in [5.74, 6) is -5.87. The lowest BCUT2D eigenvalue weighted by molar-refractivity contribution is 0.446. The fourth-order valence-electron chi connectivity index (χ4n) is 3.57. The van der Waals surface area contributed by atoms with Crippen molar-refractivity contribution in [2.24, 2.45) is 0 Å². The lowest BCUT2D eigenvalue weighted by atomic mass is 10.1. The van der Waals surface area contributed by atoms with Gasteiger partial charge in [-0.3, -0.25) is 0 Å². The predicted molar refractivity (Wildman–Crippen MR) is 93.9 cm³/mol. The second-order valence-electron chi connectivity index (χ2n) is 6.53. The number of likely N-dealkylation sites (N-methyl/N-ethyl adjacent to an activating group) is 1. The Hall–Kier alpha value is -3.35. The zero-order valence-corrected chi connectivity index (χ0v) is 14.7. The van der Waals surface area contributed by atoms with Gasteiger partial charge in [0.2, 0.25) is 0 Å². The number of anilines is 2. The highest BCUT2D eigenvalue weighted by atomic mass is 19.2. The molecule has 0 aliphatic carbocycles. The molecule has 28 heavy (non-hydrogen) atoms. The van der Waals surface area contributed by atoms with Crippen LogP contribution in [0.4, 0.5) is 29.1 Å². The van der Waals surface area contributed by atoms with Crippen LogP contribution >= 0.6 is 0 Å². The smallest absolute Gasteiger partial charge is 0.186 e. The molecule has 1 aliphatic rings. The third kappa shape index (κ3) is 2.62. The van der Waals surface area contributed by atoms with E-state index in [4.69, 9.17) is 5.26 Å². The Morgan fingerprint density at radius 1 is 1.18 bits per heavy atom. The van der Waals surface area contributed by atoms with Crippen molar-refractivity contribution in [3.8, 4) is 6.07 Å². The Morgan fingerprint density at radius 3 is 2.57 bits per heavy atom. The number of rotatable bonds is 3. The Bertz CT molecular complexity index is 1080. The quantitative estimate of drug-likeness (QED) is 0.550. The predicted octanol–water partition coefficient (Wildman–Crippen LogP) is 3.10. The first-order valence-electron chi connectivity index (χ1n) is 8.46. The van der Waals surface area contributed by atoms with Gasteiger partial charge in [-0.25, -0.2) is 27.5 Å². The molecular formula is C18H14F4N6. The van der Waals surface area contributed by atoms with Crippen LogP contribution < -0.4 is 9.80 Å². The number of fused-ring (bicyclic) bond motifs is 1. The number of halogens is 4. The molecule has 3 heterocycles. The van der Waals surface area contributed by atoms with Crippen LogP contribution in [0.1, 0.15) is 12.0 Å². The molecule has 1 atom stereocenters. The summed E-state index contributed by atoms with van der Waals surface area (Å²) in [4.78, 5) is 14.5. The normalized spacial score (nSPS) is 16.6. The van der Waals surface area contributed by atoms with E-state index in [1.165, 1.54) is 18.3 Å². The van der Waals surface area contributed by atoms with Crippen molar-refractivity contribution in [3.63, 3.8) is 0 Å². The molecule has 2 aromatic heterocycles. The van der Waals surface area contributed by atoms with E-state index in [0.29, 0.717) is 31.0 Å². The molecular weight excluding hydrogens is 376 g/mol. The Labute approximate surface area is 157 Å². The van der Waals surface area contributed by atoms with Gasteiger partial charge < -0.3 is 14.8 Å². The highest BCUT2D eigenvalue weighted by molar-refractivity contribution is 5.87. The number of nitrogens with zero attached hydrogens (tertiary/aromatic N) is 5. The molecule has 6 nitrogen and oxygen atoms in total. The number of H-pyrrole nitrogens is 1. The van der Waals surface area contributed by atoms with E-state index in [1.807, 2.05) is 11.0 Å². The number of aromatic amines is 1. The van der Waals surface area contributed by atoms with Crippen LogP contribution in [-0.4, -0.2) is 41.1 Å². The van der Waals surface area contributed by atoms with E-state index in [2.05, 4.69) is 15.0 Å². The van der Waals surface area contributed by atoms with Gasteiger partial charge in [0.05, 0.1) is 5.39 Å². The molecule has 10 heteroatoms. The van der Waals surface area contributed by atoms with Gasteiger partial charge in [-0.1, -0.05) is 0 Å². The minimum atomic E-state index is -1.69. The second-order valence-corrected chi connectivity index (χ2v) is 6.53. The first-order valence-corrected chi connectivity index (χ1v) is 8.46. The molecule has 0 amide bonds.